The molecular formula is C35H34F3N3O4. The van der Waals surface area contributed by atoms with Crippen LogP contribution >= 0.6 is 0 Å². The number of hydrogen-bond donors (Lipinski definition) is 2. The van der Waals surface area contributed by atoms with E-state index in [1.165, 1.54) is 12.2 Å². The van der Waals surface area contributed by atoms with Gasteiger partial charge in [-0.05, 0) is 68.3 Å². The van der Waals surface area contributed by atoms with Crippen molar-refractivity contribution in [3.05, 3.63) is 131 Å². The number of hydrogen-bond acceptors (Lipinski definition) is 6. The number of carbonyl (C=O) groups excluding carboxylic acids is 2. The number of carbonyl (C=O) groups is 2. The van der Waals surface area contributed by atoms with E-state index in [0.717, 1.165) is 46.8 Å². The first kappa shape index (κ1) is 32.8. The number of ketones is 1. The molecule has 0 bridgehead atoms. The summed E-state index contributed by atoms with van der Waals surface area (Å²) in [6.07, 6.45) is -0.913. The quantitative estimate of drug-likeness (QED) is 0.118. The smallest absolute Gasteiger partial charge is 0.416 e. The highest BCUT2D eigenvalue weighted by Gasteiger charge is 2.30. The highest BCUT2D eigenvalue weighted by molar-refractivity contribution is 6.04. The van der Waals surface area contributed by atoms with Crippen molar-refractivity contribution in [3.63, 3.8) is 0 Å². The van der Waals surface area contributed by atoms with E-state index in [9.17, 15) is 22.8 Å². The van der Waals surface area contributed by atoms with Gasteiger partial charge in [-0.2, -0.15) is 13.2 Å². The molecule has 45 heavy (non-hydrogen) atoms. The standard InChI is InChI=1S/C35H34F3N3O4/c1-4-33(43)39-22-29(40-23(2)20-32(42)26-12-14-28(15-13-26)35(36,37)38)21-25-10-16-30(17-11-25)44-19-18-31-24(3)45-34(41-31)27-8-6-5-7-9-27/h4-17,20,29,40H,1,18-19,21-22H2,2-3H3,(H,39,43)/b23-20-/t29-/m0/s1. The number of nitrogens with one attached hydrogen (secondary N) is 2. The van der Waals surface area contributed by atoms with E-state index >= 15 is 0 Å². The predicted molar refractivity (Wildman–Crippen MR) is 166 cm³/mol. The maximum absolute atomic E-state index is 12.9. The summed E-state index contributed by atoms with van der Waals surface area (Å²) in [4.78, 5) is 29.1. The summed E-state index contributed by atoms with van der Waals surface area (Å²) in [5.74, 6) is 1.23. The number of ether oxygens (including phenoxy) is 1. The minimum Gasteiger partial charge on any atom is -0.493 e. The summed E-state index contributed by atoms with van der Waals surface area (Å²) in [6, 6.07) is 21.0. The largest absolute Gasteiger partial charge is 0.493 e. The van der Waals surface area contributed by atoms with Crippen molar-refractivity contribution >= 4 is 11.7 Å². The van der Waals surface area contributed by atoms with Crippen molar-refractivity contribution < 1.29 is 31.9 Å². The van der Waals surface area contributed by atoms with Crippen molar-refractivity contribution in [2.24, 2.45) is 0 Å². The number of nitrogens with zero attached hydrogens (tertiary/aromatic N) is 1. The van der Waals surface area contributed by atoms with E-state index in [2.05, 4.69) is 22.2 Å². The maximum atomic E-state index is 12.9. The number of benzene rings is 3. The van der Waals surface area contributed by atoms with E-state index in [1.54, 1.807) is 6.92 Å². The van der Waals surface area contributed by atoms with E-state index in [-0.39, 0.29) is 24.1 Å². The topological polar surface area (TPSA) is 93.5 Å². The fourth-order valence-corrected chi connectivity index (χ4v) is 4.57. The molecule has 234 valence electrons. The molecule has 1 atom stereocenters. The number of aromatic nitrogens is 1. The first-order chi connectivity index (χ1) is 21.5. The van der Waals surface area contributed by atoms with Crippen LogP contribution in [0.5, 0.6) is 5.75 Å². The Kier molecular flexibility index (Phi) is 11.0. The first-order valence-electron chi connectivity index (χ1n) is 14.3. The van der Waals surface area contributed by atoms with Crippen LogP contribution < -0.4 is 15.4 Å². The van der Waals surface area contributed by atoms with Gasteiger partial charge in [-0.3, -0.25) is 9.59 Å². The SMILES string of the molecule is C=CC(=O)NC[C@H](Cc1ccc(OCCc2nc(-c3ccccc3)oc2C)cc1)N/C(C)=C\C(=O)c1ccc(C(F)(F)F)cc1. The molecule has 1 amide bonds. The zero-order valence-corrected chi connectivity index (χ0v) is 25.0. The summed E-state index contributed by atoms with van der Waals surface area (Å²) in [5.41, 5.74) is 2.50. The summed E-state index contributed by atoms with van der Waals surface area (Å²) in [6.45, 7) is 7.69. The monoisotopic (exact) mass is 617 g/mol. The van der Waals surface area contributed by atoms with Crippen molar-refractivity contribution in [2.45, 2.75) is 38.9 Å². The van der Waals surface area contributed by atoms with Crippen LogP contribution in [-0.2, 0) is 23.8 Å². The molecule has 0 saturated heterocycles. The number of halogens is 3. The molecule has 0 fully saturated rings. The Morgan fingerprint density at radius 3 is 2.36 bits per heavy atom. The fourth-order valence-electron chi connectivity index (χ4n) is 4.57. The van der Waals surface area contributed by atoms with Gasteiger partial charge in [-0.15, -0.1) is 0 Å². The van der Waals surface area contributed by atoms with Crippen molar-refractivity contribution in [1.29, 1.82) is 0 Å². The van der Waals surface area contributed by atoms with Crippen LogP contribution in [0.1, 0.15) is 39.9 Å². The number of alkyl halides is 3. The number of amides is 1. The summed E-state index contributed by atoms with van der Waals surface area (Å²) in [7, 11) is 0. The third kappa shape index (κ3) is 9.69. The van der Waals surface area contributed by atoms with Gasteiger partial charge in [-0.25, -0.2) is 4.98 Å². The van der Waals surface area contributed by atoms with Crippen molar-refractivity contribution in [1.82, 2.24) is 15.6 Å². The molecule has 2 N–H and O–H groups in total. The average Bonchev–Trinajstić information content (AvgIpc) is 3.40. The molecule has 7 nitrogen and oxygen atoms in total. The molecule has 3 aromatic carbocycles. The molecule has 0 radical (unpaired) electrons. The van der Waals surface area contributed by atoms with Gasteiger partial charge in [0.1, 0.15) is 11.5 Å². The molecule has 10 heteroatoms. The van der Waals surface area contributed by atoms with Gasteiger partial charge in [-0.1, -0.05) is 49.0 Å². The number of aryl methyl sites for hydroxylation is 1. The van der Waals surface area contributed by atoms with Gasteiger partial charge in [0.2, 0.25) is 11.8 Å². The third-order valence-electron chi connectivity index (χ3n) is 6.91. The van der Waals surface area contributed by atoms with Gasteiger partial charge >= 0.3 is 6.18 Å². The lowest BCUT2D eigenvalue weighted by molar-refractivity contribution is -0.137. The van der Waals surface area contributed by atoms with E-state index in [1.807, 2.05) is 61.5 Å². The van der Waals surface area contributed by atoms with Crippen molar-refractivity contribution in [3.8, 4) is 17.2 Å². The van der Waals surface area contributed by atoms with Crippen LogP contribution in [-0.4, -0.2) is 35.9 Å². The van der Waals surface area contributed by atoms with Crippen LogP contribution in [0.4, 0.5) is 13.2 Å². The Hall–Kier alpha value is -5.12. The Labute approximate surface area is 259 Å². The molecule has 4 rings (SSSR count). The predicted octanol–water partition coefficient (Wildman–Crippen LogP) is 6.88. The van der Waals surface area contributed by atoms with Gasteiger partial charge in [0.25, 0.3) is 0 Å². The minimum absolute atomic E-state index is 0.131. The van der Waals surface area contributed by atoms with Crippen LogP contribution in [0.15, 0.2) is 108 Å². The second-order valence-corrected chi connectivity index (χ2v) is 10.4. The molecular weight excluding hydrogens is 583 g/mol. The maximum Gasteiger partial charge on any atom is 0.416 e. The summed E-state index contributed by atoms with van der Waals surface area (Å²) < 4.78 is 50.3. The summed E-state index contributed by atoms with van der Waals surface area (Å²) in [5, 5.41) is 5.99. The number of oxazole rings is 1. The van der Waals surface area contributed by atoms with E-state index < -0.39 is 17.5 Å². The highest BCUT2D eigenvalue weighted by Crippen LogP contribution is 2.29. The van der Waals surface area contributed by atoms with Crippen LogP contribution in [0, 0.1) is 6.92 Å². The zero-order valence-electron chi connectivity index (χ0n) is 25.0. The first-order valence-corrected chi connectivity index (χ1v) is 14.3. The van der Waals surface area contributed by atoms with Crippen molar-refractivity contribution in [2.75, 3.05) is 13.2 Å². The number of allylic oxidation sites excluding steroid dienone is 2. The van der Waals surface area contributed by atoms with E-state index in [0.29, 0.717) is 36.8 Å². The second kappa shape index (κ2) is 15.1. The lowest BCUT2D eigenvalue weighted by Gasteiger charge is -2.21. The van der Waals surface area contributed by atoms with Gasteiger partial charge < -0.3 is 19.8 Å². The second-order valence-electron chi connectivity index (χ2n) is 10.4. The molecule has 1 heterocycles. The fraction of sp³-hybridized carbons (Fsp3) is 0.229. The number of rotatable bonds is 14. The van der Waals surface area contributed by atoms with Crippen LogP contribution in [0.25, 0.3) is 11.5 Å². The minimum atomic E-state index is -4.48. The molecule has 0 aliphatic carbocycles. The lowest BCUT2D eigenvalue weighted by Crippen LogP contribution is -2.41. The normalized spacial score (nSPS) is 12.3. The molecule has 0 spiro atoms. The molecule has 0 aliphatic rings. The molecule has 0 aliphatic heterocycles. The Bertz CT molecular complexity index is 1630. The average molecular weight is 618 g/mol. The molecule has 0 unspecified atom stereocenters. The lowest BCUT2D eigenvalue weighted by atomic mass is 10.0. The highest BCUT2D eigenvalue weighted by atomic mass is 19.4. The third-order valence-corrected chi connectivity index (χ3v) is 6.91. The van der Waals surface area contributed by atoms with E-state index in [4.69, 9.17) is 9.15 Å². The Morgan fingerprint density at radius 1 is 1.02 bits per heavy atom. The van der Waals surface area contributed by atoms with Gasteiger partial charge in [0.15, 0.2) is 5.78 Å². The molecule has 4 aromatic rings. The zero-order chi connectivity index (χ0) is 32.4. The van der Waals surface area contributed by atoms with Gasteiger partial charge in [0, 0.05) is 41.9 Å². The van der Waals surface area contributed by atoms with Gasteiger partial charge in [0.05, 0.1) is 17.9 Å². The summed E-state index contributed by atoms with van der Waals surface area (Å²) >= 11 is 0. The van der Waals surface area contributed by atoms with Crippen LogP contribution in [0.2, 0.25) is 0 Å². The Balaban J connectivity index is 1.34. The molecule has 1 aromatic heterocycles. The Morgan fingerprint density at radius 2 is 1.71 bits per heavy atom. The van der Waals surface area contributed by atoms with Crippen LogP contribution in [0.3, 0.4) is 0 Å². The molecule has 0 saturated carbocycles.